The van der Waals surface area contributed by atoms with Gasteiger partial charge in [0.15, 0.2) is 0 Å². The molecule has 2 N–H and O–H groups in total. The molecule has 2 atom stereocenters. The highest BCUT2D eigenvalue weighted by Crippen LogP contribution is 2.45. The Morgan fingerprint density at radius 1 is 1.05 bits per heavy atom. The Hall–Kier alpha value is -4.59. The maximum atomic E-state index is 14.2. The van der Waals surface area contributed by atoms with Crippen LogP contribution in [0.4, 0.5) is 10.5 Å². The quantitative estimate of drug-likeness (QED) is 0.347. The number of nitrogens with one attached hydrogen (secondary N) is 2. The Morgan fingerprint density at radius 3 is 2.62 bits per heavy atom. The first-order chi connectivity index (χ1) is 18.9. The molecular weight excluding hydrogens is 492 g/mol. The van der Waals surface area contributed by atoms with E-state index in [9.17, 15) is 14.4 Å². The van der Waals surface area contributed by atoms with Gasteiger partial charge in [0.05, 0.1) is 18.4 Å². The molecule has 2 aliphatic heterocycles. The molecule has 3 aromatic carbocycles. The van der Waals surface area contributed by atoms with Crippen LogP contribution in [0.2, 0.25) is 0 Å². The first-order valence-electron chi connectivity index (χ1n) is 13.2. The van der Waals surface area contributed by atoms with Crippen molar-refractivity contribution in [3.05, 3.63) is 95.2 Å². The van der Waals surface area contributed by atoms with Crippen LogP contribution in [-0.4, -0.2) is 47.4 Å². The minimum atomic E-state index is -0.716. The van der Waals surface area contributed by atoms with Gasteiger partial charge in [-0.25, -0.2) is 9.69 Å². The number of aromatic amines is 1. The van der Waals surface area contributed by atoms with Crippen molar-refractivity contribution in [2.75, 3.05) is 18.6 Å². The van der Waals surface area contributed by atoms with Crippen LogP contribution < -0.4 is 15.0 Å². The van der Waals surface area contributed by atoms with Crippen molar-refractivity contribution in [1.82, 2.24) is 15.2 Å². The molecule has 0 spiro atoms. The minimum Gasteiger partial charge on any atom is -0.497 e. The second-order valence-corrected chi connectivity index (χ2v) is 10.4. The molecule has 0 radical (unpaired) electrons. The number of benzene rings is 3. The van der Waals surface area contributed by atoms with Gasteiger partial charge < -0.3 is 15.0 Å². The molecule has 1 saturated heterocycles. The lowest BCUT2D eigenvalue weighted by molar-refractivity contribution is -0.120. The molecule has 0 saturated carbocycles. The van der Waals surface area contributed by atoms with Gasteiger partial charge in [-0.2, -0.15) is 0 Å². The summed E-state index contributed by atoms with van der Waals surface area (Å²) in [6, 6.07) is 20.6. The molecule has 0 bridgehead atoms. The third kappa shape index (κ3) is 4.03. The van der Waals surface area contributed by atoms with E-state index in [-0.39, 0.29) is 17.7 Å². The largest absolute Gasteiger partial charge is 0.497 e. The van der Waals surface area contributed by atoms with Crippen molar-refractivity contribution < 1.29 is 19.1 Å². The number of amides is 4. The Balaban J connectivity index is 1.47. The SMILES string of the molecule is COc1cccc(C2c3[nH]c4ccccc4c3CC3C(=O)N(c4ccccc4C(=O)NCC(C)C)C(=O)N32)c1. The Kier molecular flexibility index (Phi) is 6.10. The van der Waals surface area contributed by atoms with Crippen molar-refractivity contribution in [2.45, 2.75) is 32.4 Å². The summed E-state index contributed by atoms with van der Waals surface area (Å²) in [5, 5.41) is 3.95. The third-order valence-electron chi connectivity index (χ3n) is 7.52. The van der Waals surface area contributed by atoms with Gasteiger partial charge in [-0.1, -0.05) is 56.3 Å². The molecule has 3 heterocycles. The molecule has 4 aromatic rings. The fourth-order valence-electron chi connectivity index (χ4n) is 5.71. The monoisotopic (exact) mass is 522 g/mol. The number of methoxy groups -OCH3 is 1. The summed E-state index contributed by atoms with van der Waals surface area (Å²) in [6.45, 7) is 4.51. The molecular formula is C31H30N4O4. The summed E-state index contributed by atoms with van der Waals surface area (Å²) >= 11 is 0. The fourth-order valence-corrected chi connectivity index (χ4v) is 5.71. The van der Waals surface area contributed by atoms with E-state index in [2.05, 4.69) is 10.3 Å². The normalized spacial score (nSPS) is 18.5. The molecule has 0 aliphatic carbocycles. The summed E-state index contributed by atoms with van der Waals surface area (Å²) in [4.78, 5) is 47.7. The van der Waals surface area contributed by atoms with Crippen LogP contribution in [0.15, 0.2) is 72.8 Å². The number of anilines is 1. The zero-order chi connectivity index (χ0) is 27.3. The van der Waals surface area contributed by atoms with Crippen LogP contribution in [-0.2, 0) is 11.2 Å². The first kappa shape index (κ1) is 24.7. The van der Waals surface area contributed by atoms with Gasteiger partial charge in [0.1, 0.15) is 17.8 Å². The van der Waals surface area contributed by atoms with E-state index < -0.39 is 18.1 Å². The number of para-hydroxylation sites is 2. The van der Waals surface area contributed by atoms with E-state index in [1.54, 1.807) is 36.3 Å². The lowest BCUT2D eigenvalue weighted by atomic mass is 9.89. The molecule has 6 rings (SSSR count). The Bertz CT molecular complexity index is 1610. The van der Waals surface area contributed by atoms with E-state index in [0.717, 1.165) is 27.7 Å². The maximum Gasteiger partial charge on any atom is 0.332 e. The van der Waals surface area contributed by atoms with Crippen molar-refractivity contribution in [2.24, 2.45) is 5.92 Å². The second-order valence-electron chi connectivity index (χ2n) is 10.4. The Labute approximate surface area is 226 Å². The van der Waals surface area contributed by atoms with Crippen molar-refractivity contribution in [3.63, 3.8) is 0 Å². The number of urea groups is 1. The highest BCUT2D eigenvalue weighted by molar-refractivity contribution is 6.24. The molecule has 1 fully saturated rings. The number of aromatic nitrogens is 1. The molecule has 4 amide bonds. The number of carbonyl (C=O) groups excluding carboxylic acids is 3. The van der Waals surface area contributed by atoms with Crippen LogP contribution in [0.5, 0.6) is 5.75 Å². The standard InChI is InChI=1S/C31H30N4O4/c1-18(2)17-32-29(36)22-12-5-7-14-25(22)35-30(37)26-16-23-21-11-4-6-13-24(21)33-27(23)28(34(26)31(35)38)19-9-8-10-20(15-19)39-3/h4-15,18,26,28,33H,16-17H2,1-3H3,(H,32,36). The van der Waals surface area contributed by atoms with Crippen molar-refractivity contribution >= 4 is 34.4 Å². The number of carbonyl (C=O) groups is 3. The summed E-state index contributed by atoms with van der Waals surface area (Å²) in [7, 11) is 1.60. The van der Waals surface area contributed by atoms with Crippen LogP contribution in [0, 0.1) is 5.92 Å². The van der Waals surface area contributed by atoms with Crippen molar-refractivity contribution in [3.8, 4) is 5.75 Å². The smallest absolute Gasteiger partial charge is 0.332 e. The van der Waals surface area contributed by atoms with Crippen LogP contribution in [0.1, 0.15) is 47.1 Å². The van der Waals surface area contributed by atoms with Gasteiger partial charge in [-0.3, -0.25) is 14.5 Å². The summed E-state index contributed by atoms with van der Waals surface area (Å²) < 4.78 is 5.49. The minimum absolute atomic E-state index is 0.262. The van der Waals surface area contributed by atoms with E-state index in [1.807, 2.05) is 62.4 Å². The molecule has 1 aromatic heterocycles. The first-order valence-corrected chi connectivity index (χ1v) is 13.2. The van der Waals surface area contributed by atoms with Gasteiger partial charge in [0, 0.05) is 29.6 Å². The highest BCUT2D eigenvalue weighted by Gasteiger charge is 2.53. The average molecular weight is 523 g/mol. The summed E-state index contributed by atoms with van der Waals surface area (Å²) in [5.41, 5.74) is 4.28. The van der Waals surface area contributed by atoms with Gasteiger partial charge in [-0.05, 0) is 47.4 Å². The number of hydrogen-bond acceptors (Lipinski definition) is 4. The zero-order valence-corrected chi connectivity index (χ0v) is 22.1. The third-order valence-corrected chi connectivity index (χ3v) is 7.52. The van der Waals surface area contributed by atoms with Gasteiger partial charge in [-0.15, -0.1) is 0 Å². The van der Waals surface area contributed by atoms with Crippen LogP contribution in [0.3, 0.4) is 0 Å². The highest BCUT2D eigenvalue weighted by atomic mass is 16.5. The number of H-pyrrole nitrogens is 1. The number of ether oxygens (including phenoxy) is 1. The summed E-state index contributed by atoms with van der Waals surface area (Å²) in [5.74, 6) is 0.269. The Morgan fingerprint density at radius 2 is 1.82 bits per heavy atom. The zero-order valence-electron chi connectivity index (χ0n) is 22.1. The lowest BCUT2D eigenvalue weighted by Gasteiger charge is -2.36. The van der Waals surface area contributed by atoms with Crippen LogP contribution in [0.25, 0.3) is 10.9 Å². The molecule has 39 heavy (non-hydrogen) atoms. The van der Waals surface area contributed by atoms with E-state index >= 15 is 0 Å². The van der Waals surface area contributed by atoms with E-state index in [0.29, 0.717) is 30.0 Å². The molecule has 198 valence electrons. The topological polar surface area (TPSA) is 94.7 Å². The van der Waals surface area contributed by atoms with E-state index in [4.69, 9.17) is 4.74 Å². The predicted octanol–water partition coefficient (Wildman–Crippen LogP) is 5.05. The van der Waals surface area contributed by atoms with Gasteiger partial charge >= 0.3 is 6.03 Å². The average Bonchev–Trinajstić information content (AvgIpc) is 3.44. The van der Waals surface area contributed by atoms with Crippen LogP contribution >= 0.6 is 0 Å². The number of imide groups is 1. The second kappa shape index (κ2) is 9.62. The maximum absolute atomic E-state index is 14.2. The van der Waals surface area contributed by atoms with Gasteiger partial charge in [0.25, 0.3) is 11.8 Å². The molecule has 8 nitrogen and oxygen atoms in total. The lowest BCUT2D eigenvalue weighted by Crippen LogP contribution is -2.44. The van der Waals surface area contributed by atoms with Crippen molar-refractivity contribution in [1.29, 1.82) is 0 Å². The number of nitrogens with zero attached hydrogens (tertiary/aromatic N) is 2. The summed E-state index contributed by atoms with van der Waals surface area (Å²) in [6.07, 6.45) is 0.378. The number of rotatable bonds is 6. The molecule has 8 heteroatoms. The number of fused-ring (bicyclic) bond motifs is 4. The number of hydrogen-bond donors (Lipinski definition) is 2. The van der Waals surface area contributed by atoms with E-state index in [1.165, 1.54) is 4.90 Å². The predicted molar refractivity (Wildman–Crippen MR) is 149 cm³/mol. The molecule has 2 unspecified atom stereocenters. The fraction of sp³-hybridized carbons (Fsp3) is 0.258. The van der Waals surface area contributed by atoms with Gasteiger partial charge in [0.2, 0.25) is 0 Å². The molecule has 2 aliphatic rings.